The molecule has 0 unspecified atom stereocenters. The van der Waals surface area contributed by atoms with Gasteiger partial charge in [-0.1, -0.05) is 37.3 Å². The van der Waals surface area contributed by atoms with Crippen molar-refractivity contribution in [3.05, 3.63) is 97.6 Å². The van der Waals surface area contributed by atoms with E-state index < -0.39 is 71.8 Å². The summed E-state index contributed by atoms with van der Waals surface area (Å²) < 4.78 is 27.7. The summed E-state index contributed by atoms with van der Waals surface area (Å²) in [4.78, 5) is 84.0. The molecule has 4 aromatic rings. The highest BCUT2D eigenvalue weighted by molar-refractivity contribution is 5.94. The molecule has 17 heteroatoms. The fraction of sp³-hybridized carbons (Fsp3) is 0.390. The summed E-state index contributed by atoms with van der Waals surface area (Å²) in [5, 5.41) is 17.6. The standard InChI is InChI=1S/C41H44FN7O9/c1-3-41(56)26-14-31-37-24(17-49(31)38(53)25(26)19-58-40(41)55)36-28(10-9-23-21(2)27(42)15-29(47-37)35(23)36)45-34(52)20-57-12-11-48(18-32(44)50)39(54)30(46-33(51)16-43)13-22-7-5-4-6-8-22/h4-8,14-15,28,30,56H,3,9-13,16-20,43H2,1-2H3,(H2,44,50)(H,45,52)(H,46,51)/t28-,30-,41-/m0/s1. The number of benzene rings is 2. The van der Waals surface area contributed by atoms with E-state index >= 15 is 4.39 Å². The van der Waals surface area contributed by atoms with Gasteiger partial charge in [-0.15, -0.1) is 0 Å². The Kier molecular flexibility index (Phi) is 11.1. The molecule has 0 bridgehead atoms. The highest BCUT2D eigenvalue weighted by atomic mass is 19.1. The van der Waals surface area contributed by atoms with Gasteiger partial charge in [0.25, 0.3) is 5.56 Å². The molecule has 4 heterocycles. The number of nitrogens with two attached hydrogens (primary N) is 2. The summed E-state index contributed by atoms with van der Waals surface area (Å²) in [6.45, 7) is 1.56. The van der Waals surface area contributed by atoms with Crippen LogP contribution in [0.3, 0.4) is 0 Å². The average molecular weight is 798 g/mol. The number of halogens is 1. The summed E-state index contributed by atoms with van der Waals surface area (Å²) in [6, 6.07) is 10.2. The van der Waals surface area contributed by atoms with Crippen molar-refractivity contribution in [2.24, 2.45) is 11.5 Å². The predicted octanol–water partition coefficient (Wildman–Crippen LogP) is 0.647. The maximum atomic E-state index is 15.3. The summed E-state index contributed by atoms with van der Waals surface area (Å²) in [5.74, 6) is -3.73. The molecule has 58 heavy (non-hydrogen) atoms. The van der Waals surface area contributed by atoms with Crippen LogP contribution in [0.4, 0.5) is 4.39 Å². The minimum atomic E-state index is -2.03. The Hall–Kier alpha value is -6.04. The van der Waals surface area contributed by atoms with E-state index in [1.807, 2.05) is 6.07 Å². The number of nitrogens with one attached hydrogen (secondary N) is 2. The van der Waals surface area contributed by atoms with Crippen LogP contribution in [0.25, 0.3) is 22.3 Å². The van der Waals surface area contributed by atoms with Gasteiger partial charge in [0.2, 0.25) is 23.6 Å². The molecule has 16 nitrogen and oxygen atoms in total. The molecule has 0 fully saturated rings. The van der Waals surface area contributed by atoms with Crippen molar-refractivity contribution < 1.29 is 42.9 Å². The fourth-order valence-electron chi connectivity index (χ4n) is 8.25. The lowest BCUT2D eigenvalue weighted by atomic mass is 9.81. The third-order valence-electron chi connectivity index (χ3n) is 11.2. The van der Waals surface area contributed by atoms with E-state index in [1.165, 1.54) is 10.6 Å². The number of carbonyl (C=O) groups excluding carboxylic acids is 5. The van der Waals surface area contributed by atoms with E-state index in [-0.39, 0.29) is 56.8 Å². The van der Waals surface area contributed by atoms with Crippen LogP contribution in [0.15, 0.2) is 47.3 Å². The van der Waals surface area contributed by atoms with Crippen LogP contribution in [0, 0.1) is 12.7 Å². The number of nitrogens with zero attached hydrogens (tertiary/aromatic N) is 3. The lowest BCUT2D eigenvalue weighted by Gasteiger charge is -2.31. The van der Waals surface area contributed by atoms with Crippen molar-refractivity contribution in [3.63, 3.8) is 0 Å². The Labute approximate surface area is 331 Å². The normalized spacial score (nSPS) is 18.1. The number of ether oxygens (including phenoxy) is 2. The number of cyclic esters (lactones) is 1. The Bertz CT molecular complexity index is 2420. The Morgan fingerprint density at radius 3 is 2.60 bits per heavy atom. The van der Waals surface area contributed by atoms with Crippen LogP contribution < -0.4 is 27.7 Å². The fourth-order valence-corrected chi connectivity index (χ4v) is 8.25. The summed E-state index contributed by atoms with van der Waals surface area (Å²) in [7, 11) is 0. The van der Waals surface area contributed by atoms with Gasteiger partial charge in [-0.05, 0) is 54.5 Å². The number of primary amides is 1. The number of fused-ring (bicyclic) bond motifs is 5. The summed E-state index contributed by atoms with van der Waals surface area (Å²) in [6.07, 6.45) is 0.922. The van der Waals surface area contributed by atoms with E-state index in [1.54, 1.807) is 44.2 Å². The van der Waals surface area contributed by atoms with Crippen LogP contribution in [0.2, 0.25) is 0 Å². The Balaban J connectivity index is 1.11. The molecule has 3 atom stereocenters. The molecule has 2 aromatic carbocycles. The van der Waals surface area contributed by atoms with Gasteiger partial charge < -0.3 is 46.1 Å². The second-order valence-electron chi connectivity index (χ2n) is 14.8. The molecule has 304 valence electrons. The van der Waals surface area contributed by atoms with Crippen LogP contribution >= 0.6 is 0 Å². The van der Waals surface area contributed by atoms with Crippen molar-refractivity contribution in [1.82, 2.24) is 25.1 Å². The van der Waals surface area contributed by atoms with E-state index in [9.17, 15) is 33.9 Å². The van der Waals surface area contributed by atoms with Gasteiger partial charge in [-0.2, -0.15) is 0 Å². The molecule has 2 aliphatic heterocycles. The largest absolute Gasteiger partial charge is 0.458 e. The smallest absolute Gasteiger partial charge is 0.343 e. The van der Waals surface area contributed by atoms with Crippen LogP contribution in [0.1, 0.15) is 64.8 Å². The zero-order chi connectivity index (χ0) is 41.5. The molecule has 0 saturated heterocycles. The quantitative estimate of drug-likeness (QED) is 0.0773. The van der Waals surface area contributed by atoms with Gasteiger partial charge >= 0.3 is 5.97 Å². The lowest BCUT2D eigenvalue weighted by Crippen LogP contribution is -2.53. The average Bonchev–Trinajstić information content (AvgIpc) is 3.58. The van der Waals surface area contributed by atoms with Gasteiger partial charge in [0.1, 0.15) is 25.1 Å². The zero-order valence-electron chi connectivity index (χ0n) is 32.1. The first kappa shape index (κ1) is 40.2. The number of aryl methyl sites for hydroxylation is 1. The molecule has 0 radical (unpaired) electrons. The summed E-state index contributed by atoms with van der Waals surface area (Å²) >= 11 is 0. The minimum Gasteiger partial charge on any atom is -0.458 e. The van der Waals surface area contributed by atoms with E-state index in [2.05, 4.69) is 10.6 Å². The van der Waals surface area contributed by atoms with Gasteiger partial charge in [-0.25, -0.2) is 14.2 Å². The first-order valence-electron chi connectivity index (χ1n) is 19.0. The summed E-state index contributed by atoms with van der Waals surface area (Å²) in [5.41, 5.74) is 13.1. The number of aromatic nitrogens is 2. The van der Waals surface area contributed by atoms with E-state index in [4.69, 9.17) is 25.9 Å². The number of aliphatic hydroxyl groups is 1. The Morgan fingerprint density at radius 1 is 1.14 bits per heavy atom. The maximum absolute atomic E-state index is 15.3. The molecule has 0 saturated carbocycles. The van der Waals surface area contributed by atoms with Gasteiger partial charge in [-0.3, -0.25) is 24.0 Å². The van der Waals surface area contributed by atoms with Crippen molar-refractivity contribution in [2.45, 2.75) is 70.4 Å². The van der Waals surface area contributed by atoms with Gasteiger partial charge in [0.05, 0.1) is 54.8 Å². The number of hydrogen-bond acceptors (Lipinski definition) is 11. The van der Waals surface area contributed by atoms with E-state index in [0.717, 1.165) is 16.0 Å². The number of pyridine rings is 2. The zero-order valence-corrected chi connectivity index (χ0v) is 32.1. The molecular formula is C41H44FN7O9. The topological polar surface area (TPSA) is 238 Å². The number of carbonyl (C=O) groups is 5. The molecular weight excluding hydrogens is 753 g/mol. The Morgan fingerprint density at radius 2 is 1.90 bits per heavy atom. The second kappa shape index (κ2) is 16.1. The van der Waals surface area contributed by atoms with Crippen molar-refractivity contribution in [3.8, 4) is 11.4 Å². The van der Waals surface area contributed by atoms with Crippen molar-refractivity contribution in [2.75, 3.05) is 32.8 Å². The third-order valence-corrected chi connectivity index (χ3v) is 11.2. The highest BCUT2D eigenvalue weighted by Crippen LogP contribution is 2.46. The van der Waals surface area contributed by atoms with Crippen molar-refractivity contribution in [1.29, 1.82) is 0 Å². The number of hydrogen-bond donors (Lipinski definition) is 5. The molecule has 3 aliphatic rings. The number of esters is 1. The van der Waals surface area contributed by atoms with Gasteiger partial charge in [0.15, 0.2) is 5.60 Å². The lowest BCUT2D eigenvalue weighted by molar-refractivity contribution is -0.172. The SMILES string of the molecule is CC[C@@]1(O)C(=O)OCc2c1cc1n(c2=O)Cc2c-1nc1cc(F)c(C)c3c1c2[C@@H](NC(=O)COCCN(CC(N)=O)C(=O)[C@H](Cc1ccccc1)NC(=O)CN)CC3. The maximum Gasteiger partial charge on any atom is 0.343 e. The van der Waals surface area contributed by atoms with Crippen LogP contribution in [0.5, 0.6) is 0 Å². The van der Waals surface area contributed by atoms with Gasteiger partial charge in [0, 0.05) is 35.5 Å². The molecule has 7 N–H and O–H groups in total. The van der Waals surface area contributed by atoms with Crippen molar-refractivity contribution >= 4 is 40.5 Å². The molecule has 1 aliphatic carbocycles. The molecule has 0 spiro atoms. The molecule has 2 aromatic heterocycles. The highest BCUT2D eigenvalue weighted by Gasteiger charge is 2.46. The first-order valence-corrected chi connectivity index (χ1v) is 19.0. The minimum absolute atomic E-state index is 0.0315. The monoisotopic (exact) mass is 797 g/mol. The predicted molar refractivity (Wildman–Crippen MR) is 206 cm³/mol. The number of amides is 4. The number of rotatable bonds is 14. The second-order valence-corrected chi connectivity index (χ2v) is 14.8. The van der Waals surface area contributed by atoms with Crippen LogP contribution in [-0.2, 0) is 65.0 Å². The first-order chi connectivity index (χ1) is 27.7. The third kappa shape index (κ3) is 7.31. The molecule has 7 rings (SSSR count). The molecule has 4 amide bonds. The van der Waals surface area contributed by atoms with Crippen LogP contribution in [-0.4, -0.2) is 88.0 Å². The van der Waals surface area contributed by atoms with E-state index in [0.29, 0.717) is 51.8 Å².